The zero-order chi connectivity index (χ0) is 8.48. The Balaban J connectivity index is 0.00000121. The second-order valence-corrected chi connectivity index (χ2v) is 3.71. The van der Waals surface area contributed by atoms with Crippen molar-refractivity contribution in [2.24, 2.45) is 0 Å². The molecule has 1 N–H and O–H groups in total. The third-order valence-electron chi connectivity index (χ3n) is 1.29. The number of rotatable bonds is 1. The fraction of sp³-hybridized carbons (Fsp3) is 0.143. The van der Waals surface area contributed by atoms with Gasteiger partial charge >= 0.3 is 0 Å². The molecular formula is C7H8CdO3S. The third-order valence-corrected chi connectivity index (χ3v) is 2.14. The molecule has 5 heteroatoms. The summed E-state index contributed by atoms with van der Waals surface area (Å²) in [4.78, 5) is -0.0579. The quantitative estimate of drug-likeness (QED) is 0.623. The molecule has 0 atom stereocenters. The normalized spacial score (nSPS) is 10.5. The summed E-state index contributed by atoms with van der Waals surface area (Å²) in [7, 11) is -4.03. The molecule has 0 amide bonds. The van der Waals surface area contributed by atoms with Crippen molar-refractivity contribution in [1.82, 2.24) is 0 Å². The predicted octanol–water partition coefficient (Wildman–Crippen LogP) is 1.24. The molecular weight excluding hydrogens is 277 g/mol. The average molecular weight is 285 g/mol. The zero-order valence-corrected chi connectivity index (χ0v) is 11.5. The van der Waals surface area contributed by atoms with Crippen molar-refractivity contribution in [3.63, 3.8) is 0 Å². The van der Waals surface area contributed by atoms with Gasteiger partial charge in [-0.05, 0) is 24.6 Å². The molecule has 0 aliphatic heterocycles. The van der Waals surface area contributed by atoms with Crippen LogP contribution in [-0.4, -0.2) is 13.0 Å². The van der Waals surface area contributed by atoms with Gasteiger partial charge in [0.2, 0.25) is 0 Å². The standard InChI is InChI=1S/C7H8O3S.Cd/c1-6-3-2-4-7(5-6)11(8,9)10;/h2-5H,1H3,(H,8,9,10);. The van der Waals surface area contributed by atoms with Gasteiger partial charge in [0.1, 0.15) is 0 Å². The molecule has 0 spiro atoms. The van der Waals surface area contributed by atoms with Gasteiger partial charge in [0.05, 0.1) is 4.90 Å². The van der Waals surface area contributed by atoms with Crippen LogP contribution in [0.25, 0.3) is 0 Å². The summed E-state index contributed by atoms with van der Waals surface area (Å²) in [5.41, 5.74) is 0.806. The van der Waals surface area contributed by atoms with E-state index in [-0.39, 0.29) is 32.2 Å². The van der Waals surface area contributed by atoms with Gasteiger partial charge in [0, 0.05) is 27.3 Å². The fourth-order valence-corrected chi connectivity index (χ4v) is 1.36. The van der Waals surface area contributed by atoms with E-state index in [1.165, 1.54) is 12.1 Å². The largest absolute Gasteiger partial charge is 0.294 e. The minimum Gasteiger partial charge on any atom is -0.282 e. The molecule has 0 fully saturated rings. The Hall–Kier alpha value is 0.0521. The summed E-state index contributed by atoms with van der Waals surface area (Å²) < 4.78 is 29.7. The smallest absolute Gasteiger partial charge is 0.282 e. The van der Waals surface area contributed by atoms with Crippen LogP contribution in [0.3, 0.4) is 0 Å². The van der Waals surface area contributed by atoms with Crippen molar-refractivity contribution in [2.75, 3.05) is 0 Å². The van der Waals surface area contributed by atoms with Crippen LogP contribution < -0.4 is 0 Å². The van der Waals surface area contributed by atoms with E-state index in [2.05, 4.69) is 0 Å². The Morgan fingerprint density at radius 2 is 1.92 bits per heavy atom. The van der Waals surface area contributed by atoms with Crippen LogP contribution in [-0.2, 0) is 37.4 Å². The molecule has 0 heterocycles. The van der Waals surface area contributed by atoms with Crippen LogP contribution in [0.1, 0.15) is 5.56 Å². The number of hydrogen-bond acceptors (Lipinski definition) is 2. The van der Waals surface area contributed by atoms with Gasteiger partial charge in [-0.25, -0.2) is 0 Å². The molecule has 1 aromatic rings. The topological polar surface area (TPSA) is 54.4 Å². The van der Waals surface area contributed by atoms with Gasteiger partial charge in [-0.3, -0.25) is 4.55 Å². The Labute approximate surface area is 91.7 Å². The first-order valence-corrected chi connectivity index (χ1v) is 4.48. The van der Waals surface area contributed by atoms with E-state index in [4.69, 9.17) is 4.55 Å². The molecule has 0 saturated heterocycles. The van der Waals surface area contributed by atoms with Crippen LogP contribution >= 0.6 is 0 Å². The van der Waals surface area contributed by atoms with E-state index in [1.807, 2.05) is 0 Å². The number of aryl methyl sites for hydroxylation is 1. The number of hydrogen-bond donors (Lipinski definition) is 1. The molecule has 0 aliphatic carbocycles. The van der Waals surface area contributed by atoms with E-state index in [9.17, 15) is 8.42 Å². The molecule has 1 rings (SSSR count). The maximum atomic E-state index is 10.5. The van der Waals surface area contributed by atoms with Crippen LogP contribution in [0.5, 0.6) is 0 Å². The molecule has 0 saturated carbocycles. The van der Waals surface area contributed by atoms with Gasteiger partial charge in [0.25, 0.3) is 10.1 Å². The molecule has 12 heavy (non-hydrogen) atoms. The van der Waals surface area contributed by atoms with Crippen LogP contribution in [0, 0.1) is 6.92 Å². The summed E-state index contributed by atoms with van der Waals surface area (Å²) in [5, 5.41) is 0. The first-order valence-electron chi connectivity index (χ1n) is 3.04. The van der Waals surface area contributed by atoms with Gasteiger partial charge in [0.15, 0.2) is 0 Å². The Kier molecular flexibility index (Phi) is 4.35. The zero-order valence-electron chi connectivity index (χ0n) is 6.69. The van der Waals surface area contributed by atoms with E-state index in [0.29, 0.717) is 0 Å². The molecule has 0 radical (unpaired) electrons. The van der Waals surface area contributed by atoms with Gasteiger partial charge < -0.3 is 0 Å². The van der Waals surface area contributed by atoms with Gasteiger partial charge in [-0.1, -0.05) is 12.1 Å². The van der Waals surface area contributed by atoms with Crippen molar-refractivity contribution < 1.29 is 40.3 Å². The van der Waals surface area contributed by atoms with Crippen LogP contribution in [0.2, 0.25) is 0 Å². The summed E-state index contributed by atoms with van der Waals surface area (Å²) in [6.45, 7) is 1.76. The first-order chi connectivity index (χ1) is 5.00. The minimum atomic E-state index is -4.03. The van der Waals surface area contributed by atoms with Crippen LogP contribution in [0.4, 0.5) is 0 Å². The van der Waals surface area contributed by atoms with E-state index < -0.39 is 10.1 Å². The first kappa shape index (κ1) is 12.1. The number of benzene rings is 1. The van der Waals surface area contributed by atoms with Crippen molar-refractivity contribution in [1.29, 1.82) is 0 Å². The van der Waals surface area contributed by atoms with Gasteiger partial charge in [-0.2, -0.15) is 8.42 Å². The molecule has 0 aromatic heterocycles. The molecule has 0 bridgehead atoms. The Morgan fingerprint density at radius 3 is 2.25 bits per heavy atom. The second-order valence-electron chi connectivity index (χ2n) is 2.29. The summed E-state index contributed by atoms with van der Waals surface area (Å²) >= 11 is 0. The average Bonchev–Trinajstić information content (AvgIpc) is 1.86. The second kappa shape index (κ2) is 4.33. The predicted molar refractivity (Wildman–Crippen MR) is 41.0 cm³/mol. The summed E-state index contributed by atoms with van der Waals surface area (Å²) in [6, 6.07) is 6.10. The van der Waals surface area contributed by atoms with E-state index in [0.717, 1.165) is 5.56 Å². The maximum absolute atomic E-state index is 10.5. The Bertz CT molecular complexity index is 359. The third kappa shape index (κ3) is 3.20. The van der Waals surface area contributed by atoms with Crippen LogP contribution in [0.15, 0.2) is 29.2 Å². The van der Waals surface area contributed by atoms with Crippen molar-refractivity contribution in [2.45, 2.75) is 11.8 Å². The molecule has 0 unspecified atom stereocenters. The van der Waals surface area contributed by atoms with E-state index >= 15 is 0 Å². The molecule has 3 nitrogen and oxygen atoms in total. The Morgan fingerprint density at radius 1 is 1.33 bits per heavy atom. The van der Waals surface area contributed by atoms with Crippen molar-refractivity contribution in [3.8, 4) is 0 Å². The minimum absolute atomic E-state index is 0. The van der Waals surface area contributed by atoms with Gasteiger partial charge in [-0.15, -0.1) is 0 Å². The fourth-order valence-electron chi connectivity index (χ4n) is 0.776. The van der Waals surface area contributed by atoms with Crippen molar-refractivity contribution >= 4 is 10.1 Å². The molecule has 62 valence electrons. The maximum Gasteiger partial charge on any atom is 0.294 e. The van der Waals surface area contributed by atoms with Crippen molar-refractivity contribution in [3.05, 3.63) is 29.8 Å². The summed E-state index contributed by atoms with van der Waals surface area (Å²) in [6.07, 6.45) is 0. The molecule has 0 aliphatic rings. The monoisotopic (exact) mass is 286 g/mol. The molecule has 1 aromatic carbocycles. The SMILES string of the molecule is Cc1cccc(S(=O)(=O)O)c1.[Cd]. The summed E-state index contributed by atoms with van der Waals surface area (Å²) in [5.74, 6) is 0. The van der Waals surface area contributed by atoms with E-state index in [1.54, 1.807) is 19.1 Å².